The second-order valence-electron chi connectivity index (χ2n) is 5.87. The van der Waals surface area contributed by atoms with Crippen LogP contribution in [0.3, 0.4) is 0 Å². The van der Waals surface area contributed by atoms with Gasteiger partial charge >= 0.3 is 0 Å². The van der Waals surface area contributed by atoms with Crippen LogP contribution in [0.4, 0.5) is 0 Å². The number of aliphatic hydroxyl groups is 1. The molecule has 0 spiro atoms. The van der Waals surface area contributed by atoms with Crippen molar-refractivity contribution in [3.8, 4) is 0 Å². The molecule has 2 atom stereocenters. The van der Waals surface area contributed by atoms with Gasteiger partial charge in [-0.3, -0.25) is 4.79 Å². The summed E-state index contributed by atoms with van der Waals surface area (Å²) in [5.41, 5.74) is 2.60. The average molecular weight is 246 g/mol. The highest BCUT2D eigenvalue weighted by molar-refractivity contribution is 6.11. The van der Waals surface area contributed by atoms with Crippen molar-refractivity contribution >= 4 is 5.78 Å². The summed E-state index contributed by atoms with van der Waals surface area (Å²) in [6.45, 7) is 5.71. The van der Waals surface area contributed by atoms with Crippen LogP contribution < -0.4 is 0 Å². The first kappa shape index (κ1) is 11.7. The molecule has 2 aliphatic carbocycles. The zero-order valence-electron chi connectivity index (χ0n) is 11.0. The quantitative estimate of drug-likeness (QED) is 0.765. The lowest BCUT2D eigenvalue weighted by atomic mass is 9.82. The molecule has 1 N–H and O–H groups in total. The van der Waals surface area contributed by atoms with Crippen molar-refractivity contribution in [2.24, 2.45) is 5.92 Å². The molecule has 96 valence electrons. The third-order valence-electron chi connectivity index (χ3n) is 4.41. The summed E-state index contributed by atoms with van der Waals surface area (Å²) in [5.74, 6) is 0.651. The van der Waals surface area contributed by atoms with E-state index >= 15 is 0 Å². The van der Waals surface area contributed by atoms with Gasteiger partial charge in [0.25, 0.3) is 0 Å². The number of hydrogen-bond acceptors (Lipinski definition) is 3. The summed E-state index contributed by atoms with van der Waals surface area (Å²) in [6.07, 6.45) is 3.81. The Balaban J connectivity index is 2.25. The van der Waals surface area contributed by atoms with Crippen LogP contribution in [0.25, 0.3) is 0 Å². The van der Waals surface area contributed by atoms with Gasteiger partial charge in [0.2, 0.25) is 0 Å². The van der Waals surface area contributed by atoms with Gasteiger partial charge in [-0.05, 0) is 39.2 Å². The largest absolute Gasteiger partial charge is 0.468 e. The third-order valence-corrected chi connectivity index (χ3v) is 4.41. The zero-order chi connectivity index (χ0) is 13.1. The highest BCUT2D eigenvalue weighted by atomic mass is 16.3. The number of hydrogen-bond donors (Lipinski definition) is 1. The number of carbonyl (C=O) groups excluding carboxylic acids is 1. The van der Waals surface area contributed by atoms with Crippen LogP contribution in [0.15, 0.2) is 21.8 Å². The maximum absolute atomic E-state index is 12.7. The second kappa shape index (κ2) is 3.58. The van der Waals surface area contributed by atoms with E-state index in [9.17, 15) is 9.90 Å². The maximum Gasteiger partial charge on any atom is 0.193 e. The van der Waals surface area contributed by atoms with Crippen molar-refractivity contribution in [1.82, 2.24) is 0 Å². The minimum atomic E-state index is -0.891. The molecule has 1 aromatic heterocycles. The Morgan fingerprint density at radius 2 is 2.17 bits per heavy atom. The number of Topliss-reactive ketones (excluding diaryl/α,β-unsaturated/α-hetero) is 1. The number of furan rings is 1. The van der Waals surface area contributed by atoms with Crippen LogP contribution in [0.1, 0.15) is 48.4 Å². The van der Waals surface area contributed by atoms with E-state index in [1.54, 1.807) is 6.26 Å². The molecule has 3 nitrogen and oxygen atoms in total. The lowest BCUT2D eigenvalue weighted by Crippen LogP contribution is -2.36. The fourth-order valence-electron chi connectivity index (χ4n) is 3.43. The first-order chi connectivity index (χ1) is 8.42. The van der Waals surface area contributed by atoms with E-state index in [1.807, 2.05) is 20.8 Å². The van der Waals surface area contributed by atoms with Crippen LogP contribution in [-0.4, -0.2) is 16.5 Å². The predicted molar refractivity (Wildman–Crippen MR) is 67.5 cm³/mol. The lowest BCUT2D eigenvalue weighted by Gasteiger charge is -2.29. The molecule has 0 fully saturated rings. The van der Waals surface area contributed by atoms with E-state index in [1.165, 1.54) is 0 Å². The maximum atomic E-state index is 12.7. The smallest absolute Gasteiger partial charge is 0.193 e. The molecule has 0 amide bonds. The van der Waals surface area contributed by atoms with Crippen molar-refractivity contribution in [3.63, 3.8) is 0 Å². The monoisotopic (exact) mass is 246 g/mol. The molecule has 2 aliphatic rings. The van der Waals surface area contributed by atoms with E-state index in [4.69, 9.17) is 4.42 Å². The minimum absolute atomic E-state index is 0.0491. The standard InChI is InChI=1S/C15H18O3/c1-8-4-5-10-12(8)14(16)13-9(2)7-18-11(13)6-15(10,3)17/h7,10,17H,4-6H2,1-3H3. The van der Waals surface area contributed by atoms with E-state index in [0.717, 1.165) is 29.6 Å². The molecule has 3 heteroatoms. The molecule has 0 radical (unpaired) electrons. The molecule has 0 aromatic carbocycles. The molecule has 18 heavy (non-hydrogen) atoms. The summed E-state index contributed by atoms with van der Waals surface area (Å²) in [5, 5.41) is 10.7. The van der Waals surface area contributed by atoms with Crippen molar-refractivity contribution in [2.75, 3.05) is 0 Å². The molecular weight excluding hydrogens is 228 g/mol. The normalized spacial score (nSPS) is 31.3. The fraction of sp³-hybridized carbons (Fsp3) is 0.533. The van der Waals surface area contributed by atoms with E-state index in [-0.39, 0.29) is 11.7 Å². The first-order valence-corrected chi connectivity index (χ1v) is 6.45. The molecule has 1 aromatic rings. The van der Waals surface area contributed by atoms with Gasteiger partial charge in [0.15, 0.2) is 5.78 Å². The number of carbonyl (C=O) groups is 1. The van der Waals surface area contributed by atoms with Gasteiger partial charge in [-0.15, -0.1) is 0 Å². The van der Waals surface area contributed by atoms with Gasteiger partial charge in [0, 0.05) is 17.9 Å². The minimum Gasteiger partial charge on any atom is -0.468 e. The number of rotatable bonds is 0. The number of ketones is 1. The van der Waals surface area contributed by atoms with Gasteiger partial charge in [-0.25, -0.2) is 0 Å². The summed E-state index contributed by atoms with van der Waals surface area (Å²) in [7, 11) is 0. The van der Waals surface area contributed by atoms with E-state index in [0.29, 0.717) is 17.7 Å². The Morgan fingerprint density at radius 1 is 1.44 bits per heavy atom. The van der Waals surface area contributed by atoms with Gasteiger partial charge in [0.1, 0.15) is 5.76 Å². The van der Waals surface area contributed by atoms with Crippen LogP contribution in [-0.2, 0) is 6.42 Å². The summed E-state index contributed by atoms with van der Waals surface area (Å²) in [6, 6.07) is 0. The highest BCUT2D eigenvalue weighted by Gasteiger charge is 2.46. The number of aryl methyl sites for hydroxylation is 1. The van der Waals surface area contributed by atoms with Gasteiger partial charge in [-0.2, -0.15) is 0 Å². The predicted octanol–water partition coefficient (Wildman–Crippen LogP) is 2.80. The highest BCUT2D eigenvalue weighted by Crippen LogP contribution is 2.45. The van der Waals surface area contributed by atoms with E-state index in [2.05, 4.69) is 0 Å². The Hall–Kier alpha value is -1.35. The van der Waals surface area contributed by atoms with Crippen LogP contribution >= 0.6 is 0 Å². The average Bonchev–Trinajstić information content (AvgIpc) is 2.79. The third kappa shape index (κ3) is 1.43. The molecule has 0 bridgehead atoms. The fourth-order valence-corrected chi connectivity index (χ4v) is 3.43. The SMILES string of the molecule is CC1=C2C(=O)c3c(C)coc3CC(C)(O)C2CC1. The Labute approximate surface area is 106 Å². The van der Waals surface area contributed by atoms with E-state index < -0.39 is 5.60 Å². The summed E-state index contributed by atoms with van der Waals surface area (Å²) in [4.78, 5) is 12.7. The van der Waals surface area contributed by atoms with Crippen LogP contribution in [0.5, 0.6) is 0 Å². The Morgan fingerprint density at radius 3 is 2.89 bits per heavy atom. The second-order valence-corrected chi connectivity index (χ2v) is 5.87. The first-order valence-electron chi connectivity index (χ1n) is 6.45. The molecule has 0 aliphatic heterocycles. The van der Waals surface area contributed by atoms with Gasteiger partial charge in [-0.1, -0.05) is 5.57 Å². The van der Waals surface area contributed by atoms with Crippen molar-refractivity contribution < 1.29 is 14.3 Å². The van der Waals surface area contributed by atoms with Crippen LogP contribution in [0, 0.1) is 12.8 Å². The molecule has 0 saturated carbocycles. The van der Waals surface area contributed by atoms with Crippen molar-refractivity contribution in [2.45, 2.75) is 45.6 Å². The summed E-state index contributed by atoms with van der Waals surface area (Å²) < 4.78 is 5.47. The molecular formula is C15H18O3. The Kier molecular flexibility index (Phi) is 2.33. The Bertz CT molecular complexity index is 560. The number of allylic oxidation sites excluding steroid dienone is 1. The number of fused-ring (bicyclic) bond motifs is 2. The van der Waals surface area contributed by atoms with Gasteiger partial charge < -0.3 is 9.52 Å². The van der Waals surface area contributed by atoms with Crippen molar-refractivity contribution in [1.29, 1.82) is 0 Å². The molecule has 0 saturated heterocycles. The molecule has 1 heterocycles. The zero-order valence-corrected chi connectivity index (χ0v) is 11.0. The molecule has 2 unspecified atom stereocenters. The molecule has 3 rings (SSSR count). The van der Waals surface area contributed by atoms with Gasteiger partial charge in [0.05, 0.1) is 17.4 Å². The van der Waals surface area contributed by atoms with Crippen molar-refractivity contribution in [3.05, 3.63) is 34.3 Å². The van der Waals surface area contributed by atoms with Crippen LogP contribution in [0.2, 0.25) is 0 Å². The topological polar surface area (TPSA) is 50.4 Å². The summed E-state index contributed by atoms with van der Waals surface area (Å²) >= 11 is 0. The lowest BCUT2D eigenvalue weighted by molar-refractivity contribution is 0.0113.